The molecule has 9 nitrogen and oxygen atoms in total. The Morgan fingerprint density at radius 2 is 2.13 bits per heavy atom. The van der Waals surface area contributed by atoms with Crippen molar-refractivity contribution in [2.45, 2.75) is 19.8 Å². The van der Waals surface area contributed by atoms with E-state index in [2.05, 4.69) is 21.5 Å². The van der Waals surface area contributed by atoms with E-state index in [0.29, 0.717) is 19.7 Å². The molecule has 0 spiro atoms. The molecule has 2 aromatic rings. The van der Waals surface area contributed by atoms with Crippen LogP contribution in [-0.4, -0.2) is 73.5 Å². The molecule has 168 valence electrons. The summed E-state index contributed by atoms with van der Waals surface area (Å²) in [6.07, 6.45) is 5.41. The molecule has 1 aliphatic rings. The second-order valence-electron chi connectivity index (χ2n) is 7.33. The summed E-state index contributed by atoms with van der Waals surface area (Å²) in [6.45, 7) is 4.95. The number of nitrogens with zero attached hydrogens (tertiary/aromatic N) is 5. The van der Waals surface area contributed by atoms with Crippen LogP contribution in [0.25, 0.3) is 0 Å². The number of aryl methyl sites for hydroxylation is 2. The first-order valence-electron chi connectivity index (χ1n) is 10.6. The standard InChI is InChI=1S/C22H32N6O3/c1-5-31-20-13-17(8-9-19(20)30-4)7-6-10-24-22(23-2)27-11-12-28(21(29)16-27)18-14-25-26(3)15-18/h8-9,13-15H,5-7,10-12,16H2,1-4H3,(H,23,24). The molecule has 1 saturated heterocycles. The van der Waals surface area contributed by atoms with Gasteiger partial charge in [-0.05, 0) is 37.5 Å². The van der Waals surface area contributed by atoms with Crippen molar-refractivity contribution in [3.63, 3.8) is 0 Å². The average molecular weight is 429 g/mol. The SMILES string of the molecule is CCOc1cc(CCCNC(=NC)N2CCN(c3cnn(C)c3)C(=O)C2)ccc1OC. The molecule has 0 saturated carbocycles. The number of rotatable bonds is 8. The van der Waals surface area contributed by atoms with Gasteiger partial charge in [-0.25, -0.2) is 0 Å². The van der Waals surface area contributed by atoms with E-state index in [1.807, 2.05) is 37.2 Å². The third-order valence-corrected chi connectivity index (χ3v) is 5.19. The van der Waals surface area contributed by atoms with Crippen LogP contribution in [0.3, 0.4) is 0 Å². The molecule has 1 aromatic carbocycles. The minimum atomic E-state index is 0.0453. The number of benzene rings is 1. The number of methoxy groups -OCH3 is 1. The van der Waals surface area contributed by atoms with Gasteiger partial charge in [-0.1, -0.05) is 6.07 Å². The van der Waals surface area contributed by atoms with Crippen LogP contribution in [0.1, 0.15) is 18.9 Å². The Hall–Kier alpha value is -3.23. The molecule has 31 heavy (non-hydrogen) atoms. The molecular formula is C22H32N6O3. The highest BCUT2D eigenvalue weighted by Gasteiger charge is 2.27. The molecule has 1 aromatic heterocycles. The van der Waals surface area contributed by atoms with Crippen LogP contribution in [0.2, 0.25) is 0 Å². The van der Waals surface area contributed by atoms with Crippen LogP contribution in [0.5, 0.6) is 11.5 Å². The lowest BCUT2D eigenvalue weighted by molar-refractivity contribution is -0.120. The van der Waals surface area contributed by atoms with Crippen molar-refractivity contribution in [1.29, 1.82) is 0 Å². The molecule has 3 rings (SSSR count). The lowest BCUT2D eigenvalue weighted by Crippen LogP contribution is -2.55. The number of aliphatic imine (C=N–C) groups is 1. The highest BCUT2D eigenvalue weighted by atomic mass is 16.5. The van der Waals surface area contributed by atoms with Gasteiger partial charge in [0, 0.05) is 39.9 Å². The molecule has 1 aliphatic heterocycles. The summed E-state index contributed by atoms with van der Waals surface area (Å²) in [7, 11) is 5.24. The first-order valence-corrected chi connectivity index (χ1v) is 10.6. The number of hydrogen-bond donors (Lipinski definition) is 1. The van der Waals surface area contributed by atoms with Gasteiger partial charge in [-0.15, -0.1) is 0 Å². The number of carbonyl (C=O) groups is 1. The van der Waals surface area contributed by atoms with Gasteiger partial charge in [0.2, 0.25) is 5.91 Å². The molecule has 0 bridgehead atoms. The summed E-state index contributed by atoms with van der Waals surface area (Å²) in [5.74, 6) is 2.32. The zero-order chi connectivity index (χ0) is 22.2. The maximum atomic E-state index is 12.6. The fourth-order valence-corrected chi connectivity index (χ4v) is 3.64. The minimum absolute atomic E-state index is 0.0453. The Bertz CT molecular complexity index is 910. The zero-order valence-corrected chi connectivity index (χ0v) is 18.8. The largest absolute Gasteiger partial charge is 0.493 e. The number of amides is 1. The summed E-state index contributed by atoms with van der Waals surface area (Å²) in [5.41, 5.74) is 2.03. The zero-order valence-electron chi connectivity index (χ0n) is 18.8. The van der Waals surface area contributed by atoms with E-state index in [9.17, 15) is 4.79 Å². The first kappa shape index (κ1) is 22.5. The third kappa shape index (κ3) is 5.68. The van der Waals surface area contributed by atoms with Crippen LogP contribution >= 0.6 is 0 Å². The van der Waals surface area contributed by atoms with Crippen molar-refractivity contribution in [3.05, 3.63) is 36.2 Å². The fraction of sp³-hybridized carbons (Fsp3) is 0.500. The Labute approximate surface area is 183 Å². The molecule has 1 fully saturated rings. The third-order valence-electron chi connectivity index (χ3n) is 5.19. The Balaban J connectivity index is 1.48. The van der Waals surface area contributed by atoms with Gasteiger partial charge in [0.1, 0.15) is 6.54 Å². The topological polar surface area (TPSA) is 84.2 Å². The van der Waals surface area contributed by atoms with E-state index in [1.54, 1.807) is 29.9 Å². The monoisotopic (exact) mass is 428 g/mol. The molecule has 1 N–H and O–H groups in total. The molecule has 0 atom stereocenters. The van der Waals surface area contributed by atoms with Crippen LogP contribution in [-0.2, 0) is 18.3 Å². The van der Waals surface area contributed by atoms with E-state index >= 15 is 0 Å². The summed E-state index contributed by atoms with van der Waals surface area (Å²) in [4.78, 5) is 20.8. The van der Waals surface area contributed by atoms with Gasteiger partial charge in [0.15, 0.2) is 17.5 Å². The fourth-order valence-electron chi connectivity index (χ4n) is 3.64. The molecule has 0 aliphatic carbocycles. The molecule has 0 unspecified atom stereocenters. The lowest BCUT2D eigenvalue weighted by Gasteiger charge is -2.35. The van der Waals surface area contributed by atoms with E-state index < -0.39 is 0 Å². The quantitative estimate of drug-likeness (QED) is 0.391. The van der Waals surface area contributed by atoms with Crippen LogP contribution in [0.4, 0.5) is 5.69 Å². The number of nitrogens with one attached hydrogen (secondary N) is 1. The van der Waals surface area contributed by atoms with Crippen molar-refractivity contribution >= 4 is 17.6 Å². The van der Waals surface area contributed by atoms with Crippen molar-refractivity contribution < 1.29 is 14.3 Å². The van der Waals surface area contributed by atoms with Gasteiger partial charge in [-0.2, -0.15) is 5.10 Å². The number of piperazine rings is 1. The van der Waals surface area contributed by atoms with E-state index in [1.165, 1.54) is 5.56 Å². The second kappa shape index (κ2) is 10.7. The Kier molecular flexibility index (Phi) is 7.75. The Morgan fingerprint density at radius 1 is 1.29 bits per heavy atom. The van der Waals surface area contributed by atoms with Gasteiger partial charge >= 0.3 is 0 Å². The second-order valence-corrected chi connectivity index (χ2v) is 7.33. The minimum Gasteiger partial charge on any atom is -0.493 e. The predicted molar refractivity (Wildman–Crippen MR) is 121 cm³/mol. The normalized spacial score (nSPS) is 14.7. The number of aromatic nitrogens is 2. The van der Waals surface area contributed by atoms with Crippen LogP contribution < -0.4 is 19.7 Å². The maximum Gasteiger partial charge on any atom is 0.246 e. The van der Waals surface area contributed by atoms with Crippen molar-refractivity contribution in [3.8, 4) is 11.5 Å². The summed E-state index contributed by atoms with van der Waals surface area (Å²) in [6, 6.07) is 6.04. The number of anilines is 1. The van der Waals surface area contributed by atoms with Gasteiger partial charge in [0.05, 0.1) is 25.6 Å². The Morgan fingerprint density at radius 3 is 2.77 bits per heavy atom. The highest BCUT2D eigenvalue weighted by molar-refractivity contribution is 5.98. The number of hydrogen-bond acceptors (Lipinski definition) is 5. The lowest BCUT2D eigenvalue weighted by atomic mass is 10.1. The maximum absolute atomic E-state index is 12.6. The highest BCUT2D eigenvalue weighted by Crippen LogP contribution is 2.28. The summed E-state index contributed by atoms with van der Waals surface area (Å²) < 4.78 is 12.7. The van der Waals surface area contributed by atoms with Gasteiger partial charge in [0.25, 0.3) is 0 Å². The van der Waals surface area contributed by atoms with Crippen molar-refractivity contribution in [1.82, 2.24) is 20.0 Å². The number of carbonyl (C=O) groups excluding carboxylic acids is 1. The van der Waals surface area contributed by atoms with Crippen LogP contribution in [0, 0.1) is 0 Å². The molecule has 1 amide bonds. The smallest absolute Gasteiger partial charge is 0.246 e. The van der Waals surface area contributed by atoms with Crippen molar-refractivity contribution in [2.75, 3.05) is 51.8 Å². The molecule has 2 heterocycles. The molecular weight excluding hydrogens is 396 g/mol. The molecule has 0 radical (unpaired) electrons. The van der Waals surface area contributed by atoms with E-state index in [0.717, 1.165) is 49.1 Å². The van der Waals surface area contributed by atoms with E-state index in [4.69, 9.17) is 9.47 Å². The molecule has 9 heteroatoms. The average Bonchev–Trinajstić information content (AvgIpc) is 3.20. The predicted octanol–water partition coefficient (Wildman–Crippen LogP) is 1.68. The summed E-state index contributed by atoms with van der Waals surface area (Å²) in [5, 5.41) is 7.54. The van der Waals surface area contributed by atoms with Gasteiger partial charge in [-0.3, -0.25) is 14.5 Å². The van der Waals surface area contributed by atoms with Crippen LogP contribution in [0.15, 0.2) is 35.6 Å². The van der Waals surface area contributed by atoms with Gasteiger partial charge < -0.3 is 24.6 Å². The van der Waals surface area contributed by atoms with Crippen molar-refractivity contribution in [2.24, 2.45) is 12.0 Å². The first-order chi connectivity index (χ1) is 15.0. The summed E-state index contributed by atoms with van der Waals surface area (Å²) >= 11 is 0. The van der Waals surface area contributed by atoms with E-state index in [-0.39, 0.29) is 5.91 Å². The number of guanidine groups is 1. The number of ether oxygens (including phenoxy) is 2.